The number of nitrogens with one attached hydrogen (secondary N) is 2. The highest BCUT2D eigenvalue weighted by Gasteiger charge is 2.21. The number of anilines is 3. The predicted octanol–water partition coefficient (Wildman–Crippen LogP) is 4.77. The Balaban J connectivity index is 1.74. The van der Waals surface area contributed by atoms with Crippen molar-refractivity contribution in [3.63, 3.8) is 0 Å². The van der Waals surface area contributed by atoms with Crippen molar-refractivity contribution in [2.24, 2.45) is 0 Å². The Bertz CT molecular complexity index is 825. The summed E-state index contributed by atoms with van der Waals surface area (Å²) in [6, 6.07) is 11.3. The minimum atomic E-state index is -0.297. The highest BCUT2D eigenvalue weighted by molar-refractivity contribution is 6.01. The molecule has 3 rings (SSSR count). The molecule has 0 radical (unpaired) electrons. The fourth-order valence-corrected chi connectivity index (χ4v) is 3.38. The highest BCUT2D eigenvalue weighted by atomic mass is 16.2. The summed E-state index contributed by atoms with van der Waals surface area (Å²) in [7, 11) is 0. The summed E-state index contributed by atoms with van der Waals surface area (Å²) in [5, 5.41) is 5.73. The van der Waals surface area contributed by atoms with Crippen molar-refractivity contribution in [3.05, 3.63) is 53.1 Å². The van der Waals surface area contributed by atoms with Gasteiger partial charge in [0, 0.05) is 30.0 Å². The Labute approximate surface area is 154 Å². The molecule has 0 saturated carbocycles. The quantitative estimate of drug-likeness (QED) is 0.836. The minimum Gasteiger partial charge on any atom is -0.312 e. The van der Waals surface area contributed by atoms with Crippen molar-refractivity contribution in [2.45, 2.75) is 40.0 Å². The van der Waals surface area contributed by atoms with Crippen molar-refractivity contribution in [1.82, 2.24) is 0 Å². The summed E-state index contributed by atoms with van der Waals surface area (Å²) in [6.45, 7) is 6.71. The van der Waals surface area contributed by atoms with Gasteiger partial charge in [0.15, 0.2) is 0 Å². The number of rotatable bonds is 3. The number of hydrogen-bond acceptors (Lipinski definition) is 2. The van der Waals surface area contributed by atoms with Crippen molar-refractivity contribution >= 4 is 29.0 Å². The van der Waals surface area contributed by atoms with E-state index in [0.717, 1.165) is 47.5 Å². The van der Waals surface area contributed by atoms with Crippen LogP contribution in [0.5, 0.6) is 0 Å². The normalized spacial score (nSPS) is 14.3. The van der Waals surface area contributed by atoms with Crippen LogP contribution in [0, 0.1) is 20.8 Å². The largest absolute Gasteiger partial charge is 0.323 e. The van der Waals surface area contributed by atoms with E-state index >= 15 is 0 Å². The van der Waals surface area contributed by atoms with Crippen LogP contribution in [0.2, 0.25) is 0 Å². The van der Waals surface area contributed by atoms with Crippen LogP contribution in [-0.4, -0.2) is 18.5 Å². The molecular weight excluding hydrogens is 326 g/mol. The standard InChI is InChI=1S/C21H25N3O2/c1-14-10-15(2)12-18(11-14)23-21(26)22-17-8-7-16(3)19(13-17)24-9-5-4-6-20(24)25/h7-8,10-13H,4-6,9H2,1-3H3,(H2,22,23,26). The second kappa shape index (κ2) is 7.60. The molecule has 26 heavy (non-hydrogen) atoms. The van der Waals surface area contributed by atoms with Gasteiger partial charge in [-0.2, -0.15) is 0 Å². The summed E-state index contributed by atoms with van der Waals surface area (Å²) in [4.78, 5) is 26.4. The van der Waals surface area contributed by atoms with Crippen LogP contribution in [0.1, 0.15) is 36.0 Å². The van der Waals surface area contributed by atoms with Gasteiger partial charge in [-0.25, -0.2) is 4.79 Å². The van der Waals surface area contributed by atoms with Gasteiger partial charge in [-0.15, -0.1) is 0 Å². The number of piperidine rings is 1. The topological polar surface area (TPSA) is 61.4 Å². The van der Waals surface area contributed by atoms with Crippen molar-refractivity contribution in [2.75, 3.05) is 22.1 Å². The van der Waals surface area contributed by atoms with Crippen LogP contribution in [0.15, 0.2) is 36.4 Å². The maximum Gasteiger partial charge on any atom is 0.323 e. The molecule has 1 heterocycles. The van der Waals surface area contributed by atoms with Gasteiger partial charge < -0.3 is 15.5 Å². The van der Waals surface area contributed by atoms with Crippen LogP contribution in [0.3, 0.4) is 0 Å². The molecule has 0 bridgehead atoms. The second-order valence-corrected chi connectivity index (χ2v) is 6.96. The zero-order valence-corrected chi connectivity index (χ0v) is 15.6. The first-order chi connectivity index (χ1) is 12.4. The lowest BCUT2D eigenvalue weighted by Gasteiger charge is -2.28. The van der Waals surface area contributed by atoms with Crippen molar-refractivity contribution < 1.29 is 9.59 Å². The third-order valence-electron chi connectivity index (χ3n) is 4.56. The molecule has 0 atom stereocenters. The van der Waals surface area contributed by atoms with Gasteiger partial charge >= 0.3 is 6.03 Å². The number of carbonyl (C=O) groups excluding carboxylic acids is 2. The van der Waals surface area contributed by atoms with Crippen LogP contribution >= 0.6 is 0 Å². The molecule has 1 aliphatic rings. The molecule has 1 fully saturated rings. The van der Waals surface area contributed by atoms with Crippen LogP contribution in [0.25, 0.3) is 0 Å². The SMILES string of the molecule is Cc1cc(C)cc(NC(=O)Nc2ccc(C)c(N3CCCCC3=O)c2)c1. The molecule has 2 aromatic rings. The molecule has 0 aliphatic carbocycles. The van der Waals surface area contributed by atoms with Crippen molar-refractivity contribution in [1.29, 1.82) is 0 Å². The van der Waals surface area contributed by atoms with E-state index in [1.54, 1.807) is 0 Å². The molecule has 5 heteroatoms. The van der Waals surface area contributed by atoms with Crippen molar-refractivity contribution in [3.8, 4) is 0 Å². The van der Waals surface area contributed by atoms with E-state index in [-0.39, 0.29) is 11.9 Å². The summed E-state index contributed by atoms with van der Waals surface area (Å²) in [5.74, 6) is 0.149. The first-order valence-corrected chi connectivity index (χ1v) is 9.00. The lowest BCUT2D eigenvalue weighted by atomic mass is 10.1. The number of nitrogens with zero attached hydrogens (tertiary/aromatic N) is 1. The predicted molar refractivity (Wildman–Crippen MR) is 106 cm³/mol. The second-order valence-electron chi connectivity index (χ2n) is 6.96. The van der Waals surface area contributed by atoms with Gasteiger partial charge in [0.25, 0.3) is 0 Å². The molecule has 3 amide bonds. The van der Waals surface area contributed by atoms with Gasteiger partial charge in [-0.05, 0) is 74.6 Å². The van der Waals surface area contributed by atoms with E-state index in [9.17, 15) is 9.59 Å². The Morgan fingerprint density at radius 1 is 0.923 bits per heavy atom. The molecule has 136 valence electrons. The number of urea groups is 1. The first kappa shape index (κ1) is 18.0. The molecule has 0 unspecified atom stereocenters. The van der Waals surface area contributed by atoms with Gasteiger partial charge in [0.2, 0.25) is 5.91 Å². The molecule has 0 spiro atoms. The Morgan fingerprint density at radius 3 is 2.31 bits per heavy atom. The fraction of sp³-hybridized carbons (Fsp3) is 0.333. The van der Waals surface area contributed by atoms with Crippen LogP contribution in [-0.2, 0) is 4.79 Å². The van der Waals surface area contributed by atoms with E-state index in [0.29, 0.717) is 12.1 Å². The smallest absolute Gasteiger partial charge is 0.312 e. The molecule has 5 nitrogen and oxygen atoms in total. The van der Waals surface area contributed by atoms with E-state index in [4.69, 9.17) is 0 Å². The first-order valence-electron chi connectivity index (χ1n) is 9.00. The van der Waals surface area contributed by atoms with Crippen LogP contribution in [0.4, 0.5) is 21.9 Å². The van der Waals surface area contributed by atoms with Gasteiger partial charge in [-0.1, -0.05) is 12.1 Å². The minimum absolute atomic E-state index is 0.149. The zero-order valence-electron chi connectivity index (χ0n) is 15.6. The maximum atomic E-state index is 12.3. The lowest BCUT2D eigenvalue weighted by Crippen LogP contribution is -2.35. The van der Waals surface area contributed by atoms with E-state index < -0.39 is 0 Å². The summed E-state index contributed by atoms with van der Waals surface area (Å²) in [5.41, 5.74) is 5.53. The zero-order chi connectivity index (χ0) is 18.7. The van der Waals surface area contributed by atoms with Gasteiger partial charge in [0.1, 0.15) is 0 Å². The average molecular weight is 351 g/mol. The number of carbonyl (C=O) groups is 2. The third kappa shape index (κ3) is 4.23. The molecule has 1 saturated heterocycles. The number of aryl methyl sites for hydroxylation is 3. The molecule has 1 aliphatic heterocycles. The molecular formula is C21H25N3O2. The summed E-state index contributed by atoms with van der Waals surface area (Å²) >= 11 is 0. The fourth-order valence-electron chi connectivity index (χ4n) is 3.38. The maximum absolute atomic E-state index is 12.3. The average Bonchev–Trinajstić information content (AvgIpc) is 2.56. The van der Waals surface area contributed by atoms with Gasteiger partial charge in [-0.3, -0.25) is 4.79 Å². The molecule has 0 aromatic heterocycles. The number of hydrogen-bond donors (Lipinski definition) is 2. The number of benzene rings is 2. The third-order valence-corrected chi connectivity index (χ3v) is 4.56. The van der Waals surface area contributed by atoms with E-state index in [2.05, 4.69) is 16.7 Å². The molecule has 2 aromatic carbocycles. The van der Waals surface area contributed by atoms with E-state index in [1.807, 2.05) is 56.0 Å². The van der Waals surface area contributed by atoms with Gasteiger partial charge in [0.05, 0.1) is 0 Å². The lowest BCUT2D eigenvalue weighted by molar-refractivity contribution is -0.119. The Kier molecular flexibility index (Phi) is 5.26. The summed E-state index contributed by atoms with van der Waals surface area (Å²) < 4.78 is 0. The van der Waals surface area contributed by atoms with Crippen LogP contribution < -0.4 is 15.5 Å². The monoisotopic (exact) mass is 351 g/mol. The molecule has 2 N–H and O–H groups in total. The van der Waals surface area contributed by atoms with E-state index in [1.165, 1.54) is 0 Å². The highest BCUT2D eigenvalue weighted by Crippen LogP contribution is 2.28. The summed E-state index contributed by atoms with van der Waals surface area (Å²) in [6.07, 6.45) is 2.55. The Morgan fingerprint density at radius 2 is 1.62 bits per heavy atom. The number of amides is 3. The Hall–Kier alpha value is -2.82.